The van der Waals surface area contributed by atoms with Crippen LogP contribution in [0.2, 0.25) is 0 Å². The number of urea groups is 1. The van der Waals surface area contributed by atoms with Gasteiger partial charge in [-0.15, -0.1) is 0 Å². The molecule has 1 atom stereocenters. The van der Waals surface area contributed by atoms with E-state index in [1.165, 1.54) is 0 Å². The molecular formula is C16H25N3O2. The molecule has 1 rings (SSSR count). The lowest BCUT2D eigenvalue weighted by Crippen LogP contribution is -2.35. The first-order valence-corrected chi connectivity index (χ1v) is 7.32. The van der Waals surface area contributed by atoms with Gasteiger partial charge in [-0.2, -0.15) is 0 Å². The molecule has 0 fully saturated rings. The summed E-state index contributed by atoms with van der Waals surface area (Å²) in [5, 5.41) is 8.49. The molecule has 0 aliphatic carbocycles. The first-order chi connectivity index (χ1) is 9.83. The summed E-state index contributed by atoms with van der Waals surface area (Å²) in [6.45, 7) is 9.54. The van der Waals surface area contributed by atoms with Gasteiger partial charge in [-0.1, -0.05) is 26.8 Å². The molecule has 5 nitrogen and oxygen atoms in total. The summed E-state index contributed by atoms with van der Waals surface area (Å²) in [6.07, 6.45) is 0.872. The third-order valence-electron chi connectivity index (χ3n) is 3.27. The topological polar surface area (TPSA) is 70.2 Å². The van der Waals surface area contributed by atoms with Crippen molar-refractivity contribution in [3.05, 3.63) is 23.8 Å². The summed E-state index contributed by atoms with van der Waals surface area (Å²) >= 11 is 0. The number of nitrogens with one attached hydrogen (secondary N) is 3. The van der Waals surface area contributed by atoms with Crippen LogP contribution in [-0.2, 0) is 4.79 Å². The second-order valence-corrected chi connectivity index (χ2v) is 5.58. The molecule has 0 bridgehead atoms. The fourth-order valence-electron chi connectivity index (χ4n) is 1.61. The third kappa shape index (κ3) is 5.45. The van der Waals surface area contributed by atoms with Crippen LogP contribution in [0.1, 0.15) is 39.7 Å². The average Bonchev–Trinajstić information content (AvgIpc) is 2.42. The molecule has 1 unspecified atom stereocenters. The van der Waals surface area contributed by atoms with Crippen molar-refractivity contribution in [1.29, 1.82) is 0 Å². The van der Waals surface area contributed by atoms with Crippen LogP contribution in [0.15, 0.2) is 18.2 Å². The normalized spacial score (nSPS) is 11.9. The van der Waals surface area contributed by atoms with Crippen LogP contribution in [0.5, 0.6) is 0 Å². The molecule has 0 heterocycles. The lowest BCUT2D eigenvalue weighted by atomic mass is 10.1. The molecule has 0 spiro atoms. The van der Waals surface area contributed by atoms with Crippen LogP contribution in [0, 0.1) is 12.8 Å². The molecule has 1 aromatic rings. The van der Waals surface area contributed by atoms with E-state index in [9.17, 15) is 9.59 Å². The predicted molar refractivity (Wildman–Crippen MR) is 86.6 cm³/mol. The van der Waals surface area contributed by atoms with Crippen molar-refractivity contribution >= 4 is 23.3 Å². The Kier molecular flexibility index (Phi) is 6.21. The Morgan fingerprint density at radius 2 is 1.81 bits per heavy atom. The summed E-state index contributed by atoms with van der Waals surface area (Å²) in [5.74, 6) is -0.134. The first kappa shape index (κ1) is 17.0. The highest BCUT2D eigenvalue weighted by Gasteiger charge is 2.10. The van der Waals surface area contributed by atoms with Gasteiger partial charge in [0.05, 0.1) is 0 Å². The van der Waals surface area contributed by atoms with Gasteiger partial charge in [0.15, 0.2) is 0 Å². The number of amides is 3. The van der Waals surface area contributed by atoms with E-state index < -0.39 is 0 Å². The number of hydrogen-bond acceptors (Lipinski definition) is 2. The molecule has 1 aromatic carbocycles. The predicted octanol–water partition coefficient (Wildman–Crippen LogP) is 3.51. The Labute approximate surface area is 126 Å². The fraction of sp³-hybridized carbons (Fsp3) is 0.500. The highest BCUT2D eigenvalue weighted by molar-refractivity contribution is 5.94. The molecule has 0 aliphatic heterocycles. The highest BCUT2D eigenvalue weighted by Crippen LogP contribution is 2.20. The molecule has 3 N–H and O–H groups in total. The number of rotatable bonds is 5. The summed E-state index contributed by atoms with van der Waals surface area (Å²) in [5.41, 5.74) is 2.31. The van der Waals surface area contributed by atoms with Crippen molar-refractivity contribution in [3.63, 3.8) is 0 Å². The van der Waals surface area contributed by atoms with Crippen molar-refractivity contribution < 1.29 is 9.59 Å². The molecule has 3 amide bonds. The van der Waals surface area contributed by atoms with E-state index in [4.69, 9.17) is 0 Å². The van der Waals surface area contributed by atoms with Crippen LogP contribution in [-0.4, -0.2) is 18.0 Å². The molecule has 0 aromatic heterocycles. The number of anilines is 2. The van der Waals surface area contributed by atoms with Gasteiger partial charge in [0, 0.05) is 23.3 Å². The van der Waals surface area contributed by atoms with E-state index in [1.807, 2.05) is 46.8 Å². The second-order valence-electron chi connectivity index (χ2n) is 5.58. The molecule has 0 radical (unpaired) electrons. The Morgan fingerprint density at radius 3 is 2.38 bits per heavy atom. The number of hydrogen-bond donors (Lipinski definition) is 3. The Balaban J connectivity index is 2.78. The standard InChI is InChI=1S/C16H25N3O2/c1-6-12(5)17-16(21)19-14-9-13(8-7-11(14)4)18-15(20)10(2)3/h7-10,12H,6H2,1-5H3,(H,18,20)(H2,17,19,21). The van der Waals surface area contributed by atoms with Gasteiger partial charge in [-0.3, -0.25) is 4.79 Å². The van der Waals surface area contributed by atoms with E-state index in [0.717, 1.165) is 12.0 Å². The summed E-state index contributed by atoms with van der Waals surface area (Å²) in [7, 11) is 0. The van der Waals surface area contributed by atoms with Crippen molar-refractivity contribution in [3.8, 4) is 0 Å². The zero-order valence-corrected chi connectivity index (χ0v) is 13.4. The largest absolute Gasteiger partial charge is 0.335 e. The van der Waals surface area contributed by atoms with Crippen LogP contribution in [0.4, 0.5) is 16.2 Å². The Morgan fingerprint density at radius 1 is 1.14 bits per heavy atom. The zero-order chi connectivity index (χ0) is 16.0. The SMILES string of the molecule is CCC(C)NC(=O)Nc1cc(NC(=O)C(C)C)ccc1C. The van der Waals surface area contributed by atoms with Crippen molar-refractivity contribution in [1.82, 2.24) is 5.32 Å². The van der Waals surface area contributed by atoms with Crippen LogP contribution in [0.3, 0.4) is 0 Å². The molecule has 0 aliphatic rings. The van der Waals surface area contributed by atoms with Gasteiger partial charge in [0.1, 0.15) is 0 Å². The highest BCUT2D eigenvalue weighted by atomic mass is 16.2. The number of carbonyl (C=O) groups excluding carboxylic acids is 2. The molecule has 116 valence electrons. The fourth-order valence-corrected chi connectivity index (χ4v) is 1.61. The first-order valence-electron chi connectivity index (χ1n) is 7.32. The molecule has 5 heteroatoms. The van der Waals surface area contributed by atoms with Gasteiger partial charge in [-0.05, 0) is 38.0 Å². The average molecular weight is 291 g/mol. The third-order valence-corrected chi connectivity index (χ3v) is 3.27. The lowest BCUT2D eigenvalue weighted by Gasteiger charge is -2.15. The monoisotopic (exact) mass is 291 g/mol. The van der Waals surface area contributed by atoms with Crippen LogP contribution in [0.25, 0.3) is 0 Å². The molecule has 0 saturated carbocycles. The van der Waals surface area contributed by atoms with Gasteiger partial charge < -0.3 is 16.0 Å². The Hall–Kier alpha value is -2.04. The maximum atomic E-state index is 11.9. The molecular weight excluding hydrogens is 266 g/mol. The van der Waals surface area contributed by atoms with Crippen molar-refractivity contribution in [2.75, 3.05) is 10.6 Å². The van der Waals surface area contributed by atoms with Crippen LogP contribution < -0.4 is 16.0 Å². The van der Waals surface area contributed by atoms with Crippen molar-refractivity contribution in [2.45, 2.75) is 47.1 Å². The van der Waals surface area contributed by atoms with Crippen molar-refractivity contribution in [2.24, 2.45) is 5.92 Å². The van der Waals surface area contributed by atoms with Gasteiger partial charge in [0.25, 0.3) is 0 Å². The van der Waals surface area contributed by atoms with Crippen LogP contribution >= 0.6 is 0 Å². The minimum absolute atomic E-state index is 0.0474. The van der Waals surface area contributed by atoms with E-state index >= 15 is 0 Å². The number of carbonyl (C=O) groups is 2. The minimum Gasteiger partial charge on any atom is -0.335 e. The Bertz CT molecular complexity index is 512. The number of benzene rings is 1. The zero-order valence-electron chi connectivity index (χ0n) is 13.4. The maximum absolute atomic E-state index is 11.9. The summed E-state index contributed by atoms with van der Waals surface area (Å²) in [6, 6.07) is 5.35. The second kappa shape index (κ2) is 7.67. The van der Waals surface area contributed by atoms with Gasteiger partial charge in [-0.25, -0.2) is 4.79 Å². The van der Waals surface area contributed by atoms with E-state index in [0.29, 0.717) is 11.4 Å². The smallest absolute Gasteiger partial charge is 0.319 e. The van der Waals surface area contributed by atoms with E-state index in [2.05, 4.69) is 16.0 Å². The quantitative estimate of drug-likeness (QED) is 0.777. The molecule has 0 saturated heterocycles. The van der Waals surface area contributed by atoms with Gasteiger partial charge in [0.2, 0.25) is 5.91 Å². The van der Waals surface area contributed by atoms with Gasteiger partial charge >= 0.3 is 6.03 Å². The minimum atomic E-state index is -0.236. The van der Waals surface area contributed by atoms with E-state index in [-0.39, 0.29) is 23.9 Å². The maximum Gasteiger partial charge on any atom is 0.319 e. The lowest BCUT2D eigenvalue weighted by molar-refractivity contribution is -0.118. The van der Waals surface area contributed by atoms with E-state index in [1.54, 1.807) is 6.07 Å². The summed E-state index contributed by atoms with van der Waals surface area (Å²) in [4.78, 5) is 23.6. The summed E-state index contributed by atoms with van der Waals surface area (Å²) < 4.78 is 0. The molecule has 21 heavy (non-hydrogen) atoms. The number of aryl methyl sites for hydroxylation is 1.